The minimum absolute atomic E-state index is 0.00597. The number of benzene rings is 2. The Bertz CT molecular complexity index is 1360. The van der Waals surface area contributed by atoms with Crippen LogP contribution >= 0.6 is 22.9 Å². The molecule has 0 radical (unpaired) electrons. The third-order valence-corrected chi connectivity index (χ3v) is 6.08. The largest absolute Gasteiger partial charge is 0.497 e. The summed E-state index contributed by atoms with van der Waals surface area (Å²) in [6.07, 6.45) is 0. The van der Waals surface area contributed by atoms with E-state index in [1.54, 1.807) is 49.4 Å². The Balaban J connectivity index is 1.80. The zero-order chi connectivity index (χ0) is 21.0. The highest BCUT2D eigenvalue weighted by Crippen LogP contribution is 2.42. The van der Waals surface area contributed by atoms with E-state index in [1.165, 1.54) is 23.3 Å². The number of nitrogens with zero attached hydrogens (tertiary/aromatic N) is 3. The maximum absolute atomic E-state index is 13.5. The van der Waals surface area contributed by atoms with E-state index in [0.29, 0.717) is 26.3 Å². The monoisotopic (exact) mass is 439 g/mol. The zero-order valence-electron chi connectivity index (χ0n) is 15.9. The molecule has 0 spiro atoms. The molecule has 3 heterocycles. The van der Waals surface area contributed by atoms with Crippen LogP contribution < -0.4 is 15.1 Å². The van der Waals surface area contributed by atoms with Gasteiger partial charge in [0.1, 0.15) is 16.3 Å². The number of ether oxygens (including phenoxy) is 1. The lowest BCUT2D eigenvalue weighted by Crippen LogP contribution is -2.29. The number of carbonyl (C=O) groups excluding carboxylic acids is 1. The first-order chi connectivity index (χ1) is 14.5. The molecule has 0 saturated carbocycles. The lowest BCUT2D eigenvalue weighted by atomic mass is 9.99. The molecule has 9 heteroatoms. The van der Waals surface area contributed by atoms with Gasteiger partial charge in [0.25, 0.3) is 5.91 Å². The van der Waals surface area contributed by atoms with Gasteiger partial charge in [-0.05, 0) is 36.8 Å². The van der Waals surface area contributed by atoms with Gasteiger partial charge in [-0.25, -0.2) is 0 Å². The van der Waals surface area contributed by atoms with Crippen molar-refractivity contribution >= 4 is 44.9 Å². The van der Waals surface area contributed by atoms with E-state index >= 15 is 0 Å². The average Bonchev–Trinajstić information content (AvgIpc) is 3.29. The van der Waals surface area contributed by atoms with Crippen LogP contribution in [0.25, 0.3) is 11.0 Å². The average molecular weight is 440 g/mol. The molecular formula is C21H14ClN3O4S. The quantitative estimate of drug-likeness (QED) is 0.471. The number of carbonyl (C=O) groups is 1. The minimum atomic E-state index is -0.695. The van der Waals surface area contributed by atoms with Crippen LogP contribution in [0.15, 0.2) is 51.7 Å². The number of hydrogen-bond acceptors (Lipinski definition) is 7. The number of hydrogen-bond donors (Lipinski definition) is 0. The Morgan fingerprint density at radius 2 is 1.90 bits per heavy atom. The number of halogens is 1. The molecule has 0 aliphatic carbocycles. The van der Waals surface area contributed by atoms with Crippen LogP contribution in [-0.2, 0) is 0 Å². The second kappa shape index (κ2) is 6.93. The summed E-state index contributed by atoms with van der Waals surface area (Å²) >= 11 is 7.32. The standard InChI is InChI=1S/C21H14ClN3O4S/c1-10-23-24-21(30-10)25-17(11-3-5-12(22)6-4-11)16-18(26)14-8-7-13(28-2)9-15(14)29-19(16)20(25)27/h3-9,17H,1-2H3/t17-/m1/s1. The molecule has 5 rings (SSSR count). The Morgan fingerprint density at radius 1 is 1.13 bits per heavy atom. The van der Waals surface area contributed by atoms with E-state index < -0.39 is 11.9 Å². The van der Waals surface area contributed by atoms with Crippen molar-refractivity contribution < 1.29 is 13.9 Å². The van der Waals surface area contributed by atoms with Crippen molar-refractivity contribution in [1.29, 1.82) is 0 Å². The van der Waals surface area contributed by atoms with Crippen LogP contribution in [0.3, 0.4) is 0 Å². The van der Waals surface area contributed by atoms with Gasteiger partial charge in [0, 0.05) is 11.1 Å². The number of amides is 1. The van der Waals surface area contributed by atoms with Gasteiger partial charge in [0.2, 0.25) is 10.9 Å². The summed E-state index contributed by atoms with van der Waals surface area (Å²) in [7, 11) is 1.52. The smallest absolute Gasteiger partial charge is 0.297 e. The summed E-state index contributed by atoms with van der Waals surface area (Å²) in [6, 6.07) is 11.2. The molecule has 7 nitrogen and oxygen atoms in total. The van der Waals surface area contributed by atoms with Gasteiger partial charge >= 0.3 is 0 Å². The number of aromatic nitrogens is 2. The second-order valence-electron chi connectivity index (χ2n) is 6.77. The molecule has 30 heavy (non-hydrogen) atoms. The fourth-order valence-corrected chi connectivity index (χ4v) is 4.46. The number of fused-ring (bicyclic) bond motifs is 2. The topological polar surface area (TPSA) is 85.5 Å². The van der Waals surface area contributed by atoms with E-state index in [9.17, 15) is 9.59 Å². The van der Waals surface area contributed by atoms with Crippen LogP contribution in [0.1, 0.15) is 32.7 Å². The van der Waals surface area contributed by atoms with Gasteiger partial charge in [-0.2, -0.15) is 0 Å². The second-order valence-corrected chi connectivity index (χ2v) is 8.37. The van der Waals surface area contributed by atoms with Crippen LogP contribution in [0, 0.1) is 6.92 Å². The Morgan fingerprint density at radius 3 is 2.57 bits per heavy atom. The fourth-order valence-electron chi connectivity index (χ4n) is 3.62. The minimum Gasteiger partial charge on any atom is -0.497 e. The van der Waals surface area contributed by atoms with Gasteiger partial charge in [-0.15, -0.1) is 10.2 Å². The van der Waals surface area contributed by atoms with Crippen molar-refractivity contribution in [1.82, 2.24) is 10.2 Å². The highest BCUT2D eigenvalue weighted by Gasteiger charge is 2.45. The van der Waals surface area contributed by atoms with E-state index in [0.717, 1.165) is 5.56 Å². The Kier molecular flexibility index (Phi) is 4.34. The van der Waals surface area contributed by atoms with E-state index in [4.69, 9.17) is 20.8 Å². The van der Waals surface area contributed by atoms with Crippen molar-refractivity contribution in [3.8, 4) is 5.75 Å². The predicted octanol–water partition coefficient (Wildman–Crippen LogP) is 4.36. The third kappa shape index (κ3) is 2.79. The first-order valence-corrected chi connectivity index (χ1v) is 10.2. The van der Waals surface area contributed by atoms with Gasteiger partial charge in [0.15, 0.2) is 5.43 Å². The van der Waals surface area contributed by atoms with Crippen LogP contribution in [0.5, 0.6) is 5.75 Å². The highest BCUT2D eigenvalue weighted by molar-refractivity contribution is 7.15. The Labute approximate surface area is 179 Å². The van der Waals surface area contributed by atoms with E-state index in [1.807, 2.05) is 0 Å². The van der Waals surface area contributed by atoms with Gasteiger partial charge in [-0.1, -0.05) is 35.1 Å². The van der Waals surface area contributed by atoms with Crippen molar-refractivity contribution in [2.75, 3.05) is 12.0 Å². The molecular weight excluding hydrogens is 426 g/mol. The fraction of sp³-hybridized carbons (Fsp3) is 0.143. The number of anilines is 1. The molecule has 4 aromatic rings. The van der Waals surface area contributed by atoms with Crippen LogP contribution in [0.2, 0.25) is 5.02 Å². The molecule has 0 saturated heterocycles. The maximum Gasteiger partial charge on any atom is 0.297 e. The summed E-state index contributed by atoms with van der Waals surface area (Å²) in [5, 5.41) is 10.2. The summed E-state index contributed by atoms with van der Waals surface area (Å²) in [6.45, 7) is 1.80. The summed E-state index contributed by atoms with van der Waals surface area (Å²) in [5.41, 5.74) is 1.01. The molecule has 2 aromatic heterocycles. The molecule has 1 amide bonds. The predicted molar refractivity (Wildman–Crippen MR) is 114 cm³/mol. The Hall–Kier alpha value is -3.23. The summed E-state index contributed by atoms with van der Waals surface area (Å²) in [4.78, 5) is 28.3. The SMILES string of the molecule is COc1ccc2c(=O)c3c(oc2c1)C(=O)N(c1nnc(C)s1)[C@@H]3c1ccc(Cl)cc1. The molecule has 150 valence electrons. The lowest BCUT2D eigenvalue weighted by molar-refractivity contribution is 0.0970. The van der Waals surface area contributed by atoms with Crippen LogP contribution in [-0.4, -0.2) is 23.2 Å². The van der Waals surface area contributed by atoms with Gasteiger partial charge < -0.3 is 9.15 Å². The third-order valence-electron chi connectivity index (χ3n) is 4.99. The molecule has 1 aliphatic rings. The number of rotatable bonds is 3. The summed E-state index contributed by atoms with van der Waals surface area (Å²) < 4.78 is 11.1. The molecule has 0 fully saturated rings. The van der Waals surface area contributed by atoms with Crippen LogP contribution in [0.4, 0.5) is 5.13 Å². The van der Waals surface area contributed by atoms with Gasteiger partial charge in [0.05, 0.1) is 24.1 Å². The number of aryl methyl sites for hydroxylation is 1. The molecule has 0 unspecified atom stereocenters. The first-order valence-electron chi connectivity index (χ1n) is 9.02. The molecule has 0 N–H and O–H groups in total. The first kappa shape index (κ1) is 18.8. The molecule has 0 bridgehead atoms. The molecule has 1 aliphatic heterocycles. The van der Waals surface area contributed by atoms with Crippen molar-refractivity contribution in [2.45, 2.75) is 13.0 Å². The van der Waals surface area contributed by atoms with E-state index in [-0.39, 0.29) is 22.3 Å². The van der Waals surface area contributed by atoms with Gasteiger partial charge in [-0.3, -0.25) is 14.5 Å². The molecule has 1 atom stereocenters. The van der Waals surface area contributed by atoms with Crippen molar-refractivity contribution in [2.24, 2.45) is 0 Å². The van der Waals surface area contributed by atoms with E-state index in [2.05, 4.69) is 10.2 Å². The lowest BCUT2D eigenvalue weighted by Gasteiger charge is -2.22. The maximum atomic E-state index is 13.5. The highest BCUT2D eigenvalue weighted by atomic mass is 35.5. The van der Waals surface area contributed by atoms with Crippen molar-refractivity contribution in [3.05, 3.63) is 79.6 Å². The normalized spacial score (nSPS) is 15.6. The van der Waals surface area contributed by atoms with Crippen molar-refractivity contribution in [3.63, 3.8) is 0 Å². The summed E-state index contributed by atoms with van der Waals surface area (Å²) in [5.74, 6) is 0.0818. The zero-order valence-corrected chi connectivity index (χ0v) is 17.5. The number of methoxy groups -OCH3 is 1. The molecule has 2 aromatic carbocycles.